The van der Waals surface area contributed by atoms with Gasteiger partial charge in [-0.1, -0.05) is 24.3 Å². The molecule has 0 heterocycles. The summed E-state index contributed by atoms with van der Waals surface area (Å²) < 4.78 is 74.6. The molecule has 0 radical (unpaired) electrons. The molecule has 0 spiro atoms. The largest absolute Gasteiger partial charge is 0.446 e. The number of alkyl halides is 6. The Labute approximate surface area is 118 Å². The third kappa shape index (κ3) is 4.24. The second kappa shape index (κ2) is 5.40. The summed E-state index contributed by atoms with van der Waals surface area (Å²) in [4.78, 5) is -0.892. The molecule has 0 N–H and O–H groups in total. The molecule has 0 aliphatic heterocycles. The second-order valence-electron chi connectivity index (χ2n) is 3.74. The fourth-order valence-electron chi connectivity index (χ4n) is 1.61. The lowest BCUT2D eigenvalue weighted by Gasteiger charge is -2.13. The van der Waals surface area contributed by atoms with Crippen molar-refractivity contribution in [1.82, 2.24) is 0 Å². The first-order chi connectivity index (χ1) is 9.14. The van der Waals surface area contributed by atoms with Crippen LogP contribution in [0.3, 0.4) is 0 Å². The molecule has 20 heavy (non-hydrogen) atoms. The predicted octanol–water partition coefficient (Wildman–Crippen LogP) is 6.06. The summed E-state index contributed by atoms with van der Waals surface area (Å²) in [5, 5.41) is 0.927. The van der Waals surface area contributed by atoms with E-state index >= 15 is 0 Å². The second-order valence-corrected chi connectivity index (χ2v) is 5.96. The first-order valence-corrected chi connectivity index (χ1v) is 6.82. The van der Waals surface area contributed by atoms with E-state index in [1.165, 1.54) is 0 Å². The highest BCUT2D eigenvalue weighted by molar-refractivity contribution is 8.03. The Morgan fingerprint density at radius 3 is 1.30 bits per heavy atom. The maximum absolute atomic E-state index is 12.4. The molecule has 8 heteroatoms. The van der Waals surface area contributed by atoms with Crippen molar-refractivity contribution in [2.24, 2.45) is 0 Å². The molecule has 0 fully saturated rings. The van der Waals surface area contributed by atoms with Gasteiger partial charge in [-0.05, 0) is 46.4 Å². The van der Waals surface area contributed by atoms with E-state index in [4.69, 9.17) is 0 Å². The average Bonchev–Trinajstić information content (AvgIpc) is 2.26. The number of benzene rings is 2. The Balaban J connectivity index is 2.52. The maximum Gasteiger partial charge on any atom is 0.446 e. The minimum absolute atomic E-state index is 0.446. The van der Waals surface area contributed by atoms with Crippen molar-refractivity contribution in [3.05, 3.63) is 36.4 Å². The van der Waals surface area contributed by atoms with Crippen LogP contribution in [0.15, 0.2) is 46.2 Å². The Kier molecular flexibility index (Phi) is 4.15. The Hall–Kier alpha value is -1.02. The van der Waals surface area contributed by atoms with E-state index in [9.17, 15) is 26.3 Å². The van der Waals surface area contributed by atoms with Gasteiger partial charge in [-0.3, -0.25) is 0 Å². The van der Waals surface area contributed by atoms with Crippen LogP contribution in [0.5, 0.6) is 0 Å². The molecule has 0 saturated carbocycles. The molecule has 108 valence electrons. The first-order valence-electron chi connectivity index (χ1n) is 5.18. The topological polar surface area (TPSA) is 0 Å². The predicted molar refractivity (Wildman–Crippen MR) is 67.8 cm³/mol. The van der Waals surface area contributed by atoms with Gasteiger partial charge in [-0.2, -0.15) is 26.3 Å². The van der Waals surface area contributed by atoms with Crippen LogP contribution in [0, 0.1) is 0 Å². The van der Waals surface area contributed by atoms with Gasteiger partial charge in [0.1, 0.15) is 0 Å². The van der Waals surface area contributed by atoms with Gasteiger partial charge < -0.3 is 0 Å². The van der Waals surface area contributed by atoms with Crippen molar-refractivity contribution in [2.75, 3.05) is 0 Å². The lowest BCUT2D eigenvalue weighted by atomic mass is 10.1. The van der Waals surface area contributed by atoms with Crippen molar-refractivity contribution >= 4 is 34.3 Å². The number of hydrogen-bond donors (Lipinski definition) is 0. The SMILES string of the molecule is FC(F)(F)Sc1cc2ccccc2cc1SC(F)(F)F. The molecule has 0 unspecified atom stereocenters. The molecule has 0 aromatic heterocycles. The fourth-order valence-corrected chi connectivity index (χ4v) is 3.05. The third-order valence-electron chi connectivity index (χ3n) is 2.26. The summed E-state index contributed by atoms with van der Waals surface area (Å²) in [6, 6.07) is 8.58. The zero-order valence-electron chi connectivity index (χ0n) is 9.55. The van der Waals surface area contributed by atoms with Gasteiger partial charge in [0.05, 0.1) is 0 Å². The van der Waals surface area contributed by atoms with Gasteiger partial charge in [0.15, 0.2) is 0 Å². The number of rotatable bonds is 2. The monoisotopic (exact) mass is 328 g/mol. The molecule has 0 amide bonds. The van der Waals surface area contributed by atoms with Crippen LogP contribution >= 0.6 is 23.5 Å². The summed E-state index contributed by atoms with van der Waals surface area (Å²) >= 11 is -1.08. The Morgan fingerprint density at radius 2 is 1.00 bits per heavy atom. The summed E-state index contributed by atoms with van der Waals surface area (Å²) in [5.41, 5.74) is -9.27. The van der Waals surface area contributed by atoms with Crippen molar-refractivity contribution < 1.29 is 26.3 Å². The number of fused-ring (bicyclic) bond motifs is 1. The smallest absolute Gasteiger partial charge is 0.160 e. The minimum Gasteiger partial charge on any atom is -0.160 e. The molecule has 0 atom stereocenters. The third-order valence-corrected chi connectivity index (χ3v) is 3.97. The summed E-state index contributed by atoms with van der Waals surface area (Å²) in [5.74, 6) is 0. The van der Waals surface area contributed by atoms with E-state index in [-0.39, 0.29) is 0 Å². The van der Waals surface area contributed by atoms with Crippen LogP contribution in [-0.2, 0) is 0 Å². The van der Waals surface area contributed by atoms with Crippen molar-refractivity contribution in [3.63, 3.8) is 0 Å². The Bertz CT molecular complexity index is 563. The van der Waals surface area contributed by atoms with Crippen molar-refractivity contribution in [1.29, 1.82) is 0 Å². The van der Waals surface area contributed by atoms with E-state index < -0.39 is 44.3 Å². The lowest BCUT2D eigenvalue weighted by molar-refractivity contribution is -0.0346. The quantitative estimate of drug-likeness (QED) is 0.485. The van der Waals surface area contributed by atoms with Crippen LogP contribution in [0.1, 0.15) is 0 Å². The molecule has 0 nitrogen and oxygen atoms in total. The zero-order valence-corrected chi connectivity index (χ0v) is 11.2. The van der Waals surface area contributed by atoms with Gasteiger partial charge in [-0.25, -0.2) is 0 Å². The van der Waals surface area contributed by atoms with E-state index in [1.54, 1.807) is 24.3 Å². The highest BCUT2D eigenvalue weighted by Gasteiger charge is 2.35. The highest BCUT2D eigenvalue weighted by atomic mass is 32.2. The van der Waals surface area contributed by atoms with Gasteiger partial charge in [0.25, 0.3) is 0 Å². The standard InChI is InChI=1S/C12H6F6S2/c13-11(14,15)19-9-5-7-3-1-2-4-8(7)6-10(9)20-12(16,17)18/h1-6H. The van der Waals surface area contributed by atoms with E-state index in [0.717, 1.165) is 12.1 Å². The van der Waals surface area contributed by atoms with E-state index in [1.807, 2.05) is 0 Å². The molecular formula is C12H6F6S2. The van der Waals surface area contributed by atoms with Crippen molar-refractivity contribution in [2.45, 2.75) is 20.8 Å². The summed E-state index contributed by atoms with van der Waals surface area (Å²) in [7, 11) is 0. The van der Waals surface area contributed by atoms with Gasteiger partial charge >= 0.3 is 11.0 Å². The number of thioether (sulfide) groups is 2. The summed E-state index contributed by atoms with van der Waals surface area (Å²) in [6.45, 7) is 0. The molecule has 0 aliphatic rings. The van der Waals surface area contributed by atoms with E-state index in [0.29, 0.717) is 10.8 Å². The normalized spacial score (nSPS) is 12.9. The fraction of sp³-hybridized carbons (Fsp3) is 0.167. The minimum atomic E-state index is -4.64. The lowest BCUT2D eigenvalue weighted by Crippen LogP contribution is -2.03. The molecular weight excluding hydrogens is 322 g/mol. The van der Waals surface area contributed by atoms with Crippen LogP contribution in [0.25, 0.3) is 10.8 Å². The van der Waals surface area contributed by atoms with Gasteiger partial charge in [0, 0.05) is 9.79 Å². The Morgan fingerprint density at radius 1 is 0.650 bits per heavy atom. The summed E-state index contributed by atoms with van der Waals surface area (Å²) in [6.07, 6.45) is 0. The zero-order chi connectivity index (χ0) is 15.0. The molecule has 2 rings (SSSR count). The molecule has 0 saturated heterocycles. The van der Waals surface area contributed by atoms with Crippen molar-refractivity contribution in [3.8, 4) is 0 Å². The first kappa shape index (κ1) is 15.4. The van der Waals surface area contributed by atoms with E-state index in [2.05, 4.69) is 0 Å². The van der Waals surface area contributed by atoms with Crippen LogP contribution in [0.2, 0.25) is 0 Å². The molecule has 0 bridgehead atoms. The van der Waals surface area contributed by atoms with Gasteiger partial charge in [0.2, 0.25) is 0 Å². The highest BCUT2D eigenvalue weighted by Crippen LogP contribution is 2.47. The average molecular weight is 328 g/mol. The number of halogens is 6. The molecule has 2 aromatic rings. The maximum atomic E-state index is 12.4. The molecule has 0 aliphatic carbocycles. The molecule has 2 aromatic carbocycles. The van der Waals surface area contributed by atoms with Gasteiger partial charge in [-0.15, -0.1) is 0 Å². The van der Waals surface area contributed by atoms with Crippen LogP contribution in [-0.4, -0.2) is 11.0 Å². The number of hydrogen-bond acceptors (Lipinski definition) is 2. The van der Waals surface area contributed by atoms with Crippen LogP contribution in [0.4, 0.5) is 26.3 Å². The van der Waals surface area contributed by atoms with Crippen LogP contribution < -0.4 is 0 Å².